The van der Waals surface area contributed by atoms with Gasteiger partial charge in [0.1, 0.15) is 0 Å². The van der Waals surface area contributed by atoms with Crippen LogP contribution in [0.25, 0.3) is 0 Å². The Kier molecular flexibility index (Phi) is 10.0. The van der Waals surface area contributed by atoms with Gasteiger partial charge in [0.25, 0.3) is 0 Å². The van der Waals surface area contributed by atoms with E-state index in [1.807, 2.05) is 0 Å². The number of hydrogen-bond acceptors (Lipinski definition) is 0. The maximum Gasteiger partial charge on any atom is 0.203 e. The quantitative estimate of drug-likeness (QED) is 0.201. The third-order valence-electron chi connectivity index (χ3n) is 2.88. The molecule has 0 aromatic heterocycles. The van der Waals surface area contributed by atoms with Crippen molar-refractivity contribution in [3.05, 3.63) is 0 Å². The second-order valence-corrected chi connectivity index (χ2v) is 62.0. The van der Waals surface area contributed by atoms with Crippen molar-refractivity contribution >= 4 is 91.9 Å². The Balaban J connectivity index is 5.27. The predicted octanol–water partition coefficient (Wildman–Crippen LogP) is 7.18. The Hall–Kier alpha value is 3.05. The molecule has 0 N–H and O–H groups in total. The Morgan fingerprint density at radius 1 is 0.588 bits per heavy atom. The summed E-state index contributed by atoms with van der Waals surface area (Å²) in [5.41, 5.74) is -1.49. The van der Waals surface area contributed by atoms with Gasteiger partial charge in [-0.25, -0.2) is 0 Å². The van der Waals surface area contributed by atoms with Gasteiger partial charge in [-0.3, -0.25) is 0 Å². The maximum atomic E-state index is 4.27. The number of hydrogen-bond donors (Lipinski definition) is 0. The SMILES string of the molecule is CCC[Si](Br)(Br)[Si](Br)(CCC)[Si](Br)(Br)CCC. The van der Waals surface area contributed by atoms with Crippen molar-refractivity contribution in [3.8, 4) is 0 Å². The number of halogens is 5. The van der Waals surface area contributed by atoms with Crippen LogP contribution in [0.15, 0.2) is 0 Å². The van der Waals surface area contributed by atoms with Crippen molar-refractivity contribution in [3.63, 3.8) is 0 Å². The van der Waals surface area contributed by atoms with Gasteiger partial charge in [0, 0.05) is 0 Å². The van der Waals surface area contributed by atoms with Crippen LogP contribution in [0.2, 0.25) is 18.1 Å². The van der Waals surface area contributed by atoms with Crippen LogP contribution in [-0.4, -0.2) is 15.4 Å². The molecule has 0 aromatic rings. The van der Waals surface area contributed by atoms with Gasteiger partial charge < -0.3 is 0 Å². The van der Waals surface area contributed by atoms with Crippen LogP contribution in [-0.2, 0) is 0 Å². The Bertz CT molecular complexity index is 217. The van der Waals surface area contributed by atoms with Gasteiger partial charge >= 0.3 is 0 Å². The first-order valence-electron chi connectivity index (χ1n) is 6.13. The molecule has 0 radical (unpaired) electrons. The van der Waals surface area contributed by atoms with Crippen LogP contribution >= 0.6 is 76.5 Å². The molecule has 0 bridgehead atoms. The molecule has 0 amide bonds. The zero-order chi connectivity index (χ0) is 13.7. The summed E-state index contributed by atoms with van der Waals surface area (Å²) in [5.74, 6) is 0. The molecule has 17 heavy (non-hydrogen) atoms. The molecule has 0 aromatic carbocycles. The van der Waals surface area contributed by atoms with E-state index in [0.29, 0.717) is 0 Å². The fourth-order valence-corrected chi connectivity index (χ4v) is 104. The molecular formula is C9H21Br5Si3. The highest BCUT2D eigenvalue weighted by Crippen LogP contribution is 2.53. The Labute approximate surface area is 148 Å². The van der Waals surface area contributed by atoms with Gasteiger partial charge in [0.05, 0.1) is 0 Å². The van der Waals surface area contributed by atoms with Gasteiger partial charge in [-0.1, -0.05) is 40.0 Å². The average Bonchev–Trinajstić information content (AvgIpc) is 2.17. The second-order valence-electron chi connectivity index (χ2n) is 4.46. The van der Waals surface area contributed by atoms with Crippen LogP contribution in [0, 0.1) is 0 Å². The summed E-state index contributed by atoms with van der Waals surface area (Å²) >= 11 is 20.7. The van der Waals surface area contributed by atoms with E-state index in [1.165, 1.54) is 37.4 Å². The number of rotatable bonds is 8. The first-order valence-corrected chi connectivity index (χ1v) is 26.0. The van der Waals surface area contributed by atoms with E-state index in [2.05, 4.69) is 97.2 Å². The van der Waals surface area contributed by atoms with Crippen LogP contribution < -0.4 is 0 Å². The first-order chi connectivity index (χ1) is 7.68. The molecule has 0 unspecified atom stereocenters. The van der Waals surface area contributed by atoms with E-state index in [9.17, 15) is 0 Å². The Morgan fingerprint density at radius 2 is 0.882 bits per heavy atom. The maximum absolute atomic E-state index is 4.27. The molecule has 104 valence electrons. The van der Waals surface area contributed by atoms with E-state index < -0.39 is 15.4 Å². The summed E-state index contributed by atoms with van der Waals surface area (Å²) in [4.78, 5) is -3.00. The van der Waals surface area contributed by atoms with Crippen molar-refractivity contribution in [2.75, 3.05) is 0 Å². The third-order valence-corrected chi connectivity index (χ3v) is 101. The van der Waals surface area contributed by atoms with Crippen LogP contribution in [0.3, 0.4) is 0 Å². The van der Waals surface area contributed by atoms with Crippen molar-refractivity contribution < 1.29 is 0 Å². The zero-order valence-corrected chi connectivity index (χ0v) is 21.6. The van der Waals surface area contributed by atoms with E-state index in [0.717, 1.165) is 0 Å². The van der Waals surface area contributed by atoms with Crippen molar-refractivity contribution in [2.45, 2.75) is 58.2 Å². The van der Waals surface area contributed by atoms with Gasteiger partial charge in [-0.2, -0.15) is 0 Å². The van der Waals surface area contributed by atoms with E-state index in [1.54, 1.807) is 0 Å². The molecule has 0 atom stereocenters. The van der Waals surface area contributed by atoms with E-state index in [-0.39, 0.29) is 0 Å². The lowest BCUT2D eigenvalue weighted by molar-refractivity contribution is 1.05. The minimum atomic E-state index is -1.50. The van der Waals surface area contributed by atoms with Crippen molar-refractivity contribution in [1.29, 1.82) is 0 Å². The molecule has 0 heterocycles. The van der Waals surface area contributed by atoms with Crippen molar-refractivity contribution in [2.24, 2.45) is 0 Å². The molecule has 0 aliphatic rings. The largest absolute Gasteiger partial charge is 0.203 e. The fraction of sp³-hybridized carbons (Fsp3) is 1.00. The highest BCUT2D eigenvalue weighted by molar-refractivity contribution is 9.63. The molecule has 0 saturated carbocycles. The van der Waals surface area contributed by atoms with Crippen LogP contribution in [0.1, 0.15) is 40.0 Å². The molecule has 0 nitrogen and oxygen atoms in total. The molecule has 0 saturated heterocycles. The van der Waals surface area contributed by atoms with E-state index in [4.69, 9.17) is 0 Å². The summed E-state index contributed by atoms with van der Waals surface area (Å²) in [6.45, 7) is 6.86. The molecule has 0 aliphatic heterocycles. The van der Waals surface area contributed by atoms with Gasteiger partial charge in [0.2, 0.25) is 9.66 Å². The summed E-state index contributed by atoms with van der Waals surface area (Å²) in [5, 5.41) is 0. The first kappa shape index (κ1) is 20.1. The van der Waals surface area contributed by atoms with Gasteiger partial charge in [-0.15, -0.1) is 76.5 Å². The summed E-state index contributed by atoms with van der Waals surface area (Å²) in [6, 6.07) is 3.96. The molecule has 0 rings (SSSR count). The van der Waals surface area contributed by atoms with Crippen LogP contribution in [0.4, 0.5) is 0 Å². The second kappa shape index (κ2) is 8.48. The van der Waals surface area contributed by atoms with Crippen LogP contribution in [0.5, 0.6) is 0 Å². The summed E-state index contributed by atoms with van der Waals surface area (Å²) in [7, 11) is 0. The lowest BCUT2D eigenvalue weighted by Gasteiger charge is -2.43. The molecule has 0 spiro atoms. The van der Waals surface area contributed by atoms with Crippen molar-refractivity contribution in [1.82, 2.24) is 0 Å². The standard InChI is InChI=1S/C9H21Br5Si3/c1-4-7-15(10,11)17(14,9-6-3)16(12,13)8-5-2/h4-9H2,1-3H3. The average molecular weight is 613 g/mol. The van der Waals surface area contributed by atoms with E-state index >= 15 is 0 Å². The predicted molar refractivity (Wildman–Crippen MR) is 107 cm³/mol. The highest BCUT2D eigenvalue weighted by atomic mass is 79.9. The lowest BCUT2D eigenvalue weighted by atomic mass is 10.6. The Morgan fingerprint density at radius 3 is 1.12 bits per heavy atom. The smallest absolute Gasteiger partial charge is 0.129 e. The molecule has 8 heteroatoms. The van der Waals surface area contributed by atoms with Gasteiger partial charge in [0.15, 0.2) is 5.73 Å². The zero-order valence-electron chi connectivity index (χ0n) is 10.6. The summed E-state index contributed by atoms with van der Waals surface area (Å²) in [6.07, 6.45) is 3.77. The lowest BCUT2D eigenvalue weighted by Crippen LogP contribution is -2.64. The summed E-state index contributed by atoms with van der Waals surface area (Å²) < 4.78 is 0. The molecule has 0 fully saturated rings. The monoisotopic (exact) mass is 608 g/mol. The minimum Gasteiger partial charge on any atom is -0.129 e. The van der Waals surface area contributed by atoms with Gasteiger partial charge in [-0.05, 0) is 18.1 Å². The molecular weight excluding hydrogens is 592 g/mol. The topological polar surface area (TPSA) is 0 Å². The highest BCUT2D eigenvalue weighted by Gasteiger charge is 2.62. The molecule has 0 aliphatic carbocycles. The minimum absolute atomic E-state index is 1.25. The normalized spacial score (nSPS) is 14.1. The fourth-order valence-electron chi connectivity index (χ4n) is 2.00. The third kappa shape index (κ3) is 5.07.